The summed E-state index contributed by atoms with van der Waals surface area (Å²) in [5, 5.41) is 10.2. The lowest BCUT2D eigenvalue weighted by Crippen LogP contribution is -2.46. The Bertz CT molecular complexity index is 300. The molecule has 2 nitrogen and oxygen atoms in total. The molecule has 0 spiro atoms. The minimum Gasteiger partial charge on any atom is -0.393 e. The van der Waals surface area contributed by atoms with Crippen LogP contribution in [0.4, 0.5) is 0 Å². The first kappa shape index (κ1) is 15.2. The second-order valence-corrected chi connectivity index (χ2v) is 5.92. The molecule has 1 fully saturated rings. The van der Waals surface area contributed by atoms with Gasteiger partial charge in [-0.05, 0) is 55.9 Å². The normalized spacial score (nSPS) is 30.7. The molecule has 2 unspecified atom stereocenters. The first-order valence-electron chi connectivity index (χ1n) is 6.76. The summed E-state index contributed by atoms with van der Waals surface area (Å²) in [7, 11) is 0. The Hall–Kier alpha value is -0.860. The van der Waals surface area contributed by atoms with Crippen LogP contribution in [0.1, 0.15) is 38.5 Å². The molecule has 102 valence electrons. The summed E-state index contributed by atoms with van der Waals surface area (Å²) in [5.41, 5.74) is 6.05. The second-order valence-electron chi connectivity index (χ2n) is 5.92. The number of aliphatic hydroxyl groups excluding tert-OH is 1. The predicted molar refractivity (Wildman–Crippen MR) is 78.2 cm³/mol. The van der Waals surface area contributed by atoms with E-state index in [4.69, 9.17) is 5.73 Å². The third kappa shape index (κ3) is 3.33. The molecule has 0 aromatic rings. The Balaban J connectivity index is 3.00. The van der Waals surface area contributed by atoms with E-state index in [1.165, 1.54) is 0 Å². The third-order valence-corrected chi connectivity index (χ3v) is 4.25. The molecule has 2 heteroatoms. The van der Waals surface area contributed by atoms with Crippen LogP contribution in [0.25, 0.3) is 0 Å². The third-order valence-electron chi connectivity index (χ3n) is 4.25. The maximum Gasteiger partial charge on any atom is 0.0551 e. The zero-order valence-corrected chi connectivity index (χ0v) is 11.4. The molecule has 0 aromatic heterocycles. The zero-order chi connectivity index (χ0) is 13.6. The highest BCUT2D eigenvalue weighted by Crippen LogP contribution is 2.52. The van der Waals surface area contributed by atoms with Crippen LogP contribution < -0.4 is 5.73 Å². The molecule has 2 atom stereocenters. The topological polar surface area (TPSA) is 46.2 Å². The number of hydrogen-bond acceptors (Lipinski definition) is 2. The van der Waals surface area contributed by atoms with Gasteiger partial charge in [0.2, 0.25) is 0 Å². The lowest BCUT2D eigenvalue weighted by atomic mass is 9.57. The van der Waals surface area contributed by atoms with Gasteiger partial charge in [-0.15, -0.1) is 19.7 Å². The maximum absolute atomic E-state index is 10.2. The van der Waals surface area contributed by atoms with Crippen molar-refractivity contribution in [1.29, 1.82) is 0 Å². The molecule has 0 amide bonds. The van der Waals surface area contributed by atoms with Gasteiger partial charge in [-0.25, -0.2) is 0 Å². The van der Waals surface area contributed by atoms with Crippen LogP contribution in [-0.4, -0.2) is 17.8 Å². The summed E-state index contributed by atoms with van der Waals surface area (Å²) >= 11 is 0. The molecule has 18 heavy (non-hydrogen) atoms. The first-order valence-corrected chi connectivity index (χ1v) is 6.76. The number of rotatable bonds is 7. The molecule has 0 radical (unpaired) electrons. The Morgan fingerprint density at radius 2 is 1.44 bits per heavy atom. The van der Waals surface area contributed by atoms with Crippen LogP contribution in [0.15, 0.2) is 38.0 Å². The smallest absolute Gasteiger partial charge is 0.0551 e. The van der Waals surface area contributed by atoms with E-state index in [0.717, 1.165) is 38.5 Å². The number of aliphatic hydroxyl groups is 1. The average Bonchev–Trinajstić information content (AvgIpc) is 2.29. The van der Waals surface area contributed by atoms with Gasteiger partial charge in [-0.2, -0.15) is 0 Å². The molecule has 0 heterocycles. The molecule has 0 aliphatic heterocycles. The van der Waals surface area contributed by atoms with Crippen LogP contribution in [0, 0.1) is 10.8 Å². The van der Waals surface area contributed by atoms with Gasteiger partial charge in [0.25, 0.3) is 0 Å². The van der Waals surface area contributed by atoms with Gasteiger partial charge < -0.3 is 10.8 Å². The van der Waals surface area contributed by atoms with Gasteiger partial charge in [0.15, 0.2) is 0 Å². The summed E-state index contributed by atoms with van der Waals surface area (Å²) < 4.78 is 0. The summed E-state index contributed by atoms with van der Waals surface area (Å²) in [4.78, 5) is 0. The van der Waals surface area contributed by atoms with Crippen molar-refractivity contribution >= 4 is 0 Å². The highest BCUT2D eigenvalue weighted by atomic mass is 16.3. The quantitative estimate of drug-likeness (QED) is 0.681. The minimum absolute atomic E-state index is 0.00850. The fraction of sp³-hybridized carbons (Fsp3) is 0.625. The van der Waals surface area contributed by atoms with Crippen molar-refractivity contribution in [2.75, 3.05) is 6.54 Å². The van der Waals surface area contributed by atoms with E-state index in [2.05, 4.69) is 19.7 Å². The van der Waals surface area contributed by atoms with Crippen LogP contribution in [0.5, 0.6) is 0 Å². The van der Waals surface area contributed by atoms with Crippen molar-refractivity contribution in [3.63, 3.8) is 0 Å². The zero-order valence-electron chi connectivity index (χ0n) is 11.4. The van der Waals surface area contributed by atoms with E-state index in [-0.39, 0.29) is 16.9 Å². The van der Waals surface area contributed by atoms with E-state index in [1.54, 1.807) is 0 Å². The van der Waals surface area contributed by atoms with Gasteiger partial charge >= 0.3 is 0 Å². The molecule has 1 aliphatic rings. The van der Waals surface area contributed by atoms with E-state index in [0.29, 0.717) is 6.54 Å². The Morgan fingerprint density at radius 3 is 1.89 bits per heavy atom. The molecule has 1 saturated carbocycles. The fourth-order valence-electron chi connectivity index (χ4n) is 3.72. The Morgan fingerprint density at radius 1 is 1.00 bits per heavy atom. The number of hydrogen-bond donors (Lipinski definition) is 2. The van der Waals surface area contributed by atoms with Crippen molar-refractivity contribution < 1.29 is 5.11 Å². The maximum atomic E-state index is 10.2. The first-order chi connectivity index (χ1) is 8.55. The summed E-state index contributed by atoms with van der Waals surface area (Å²) in [6.45, 7) is 12.2. The van der Waals surface area contributed by atoms with E-state index in [9.17, 15) is 5.11 Å². The van der Waals surface area contributed by atoms with Crippen molar-refractivity contribution in [2.24, 2.45) is 16.6 Å². The lowest BCUT2D eigenvalue weighted by Gasteiger charge is -2.49. The number of nitrogens with two attached hydrogens (primary N) is 1. The Kier molecular flexibility index (Phi) is 5.36. The summed E-state index contributed by atoms with van der Waals surface area (Å²) in [6.07, 6.45) is 10.9. The predicted octanol–water partition coefficient (Wildman–Crippen LogP) is 3.19. The molecule has 1 rings (SSSR count). The fourth-order valence-corrected chi connectivity index (χ4v) is 3.72. The summed E-state index contributed by atoms with van der Waals surface area (Å²) in [6, 6.07) is 0. The Labute approximate surface area is 111 Å². The molecule has 0 bridgehead atoms. The highest BCUT2D eigenvalue weighted by Gasteiger charge is 2.45. The van der Waals surface area contributed by atoms with Gasteiger partial charge in [0.1, 0.15) is 0 Å². The molecular formula is C16H27NO. The van der Waals surface area contributed by atoms with Crippen molar-refractivity contribution in [2.45, 2.75) is 44.6 Å². The van der Waals surface area contributed by atoms with E-state index < -0.39 is 0 Å². The standard InChI is InChI=1S/C16H27NO/c1-4-7-15(8-5-2)10-14(18)11-16(12-15,13-17)9-6-3/h4-6,14,18H,1-3,7-13,17H2. The monoisotopic (exact) mass is 249 g/mol. The van der Waals surface area contributed by atoms with Crippen LogP contribution in [-0.2, 0) is 0 Å². The molecule has 1 aliphatic carbocycles. The van der Waals surface area contributed by atoms with Crippen molar-refractivity contribution in [3.05, 3.63) is 38.0 Å². The second kappa shape index (κ2) is 6.35. The van der Waals surface area contributed by atoms with Gasteiger partial charge in [0.05, 0.1) is 6.10 Å². The SMILES string of the molecule is C=CCC1(CN)CC(O)CC(CC=C)(CC=C)C1. The van der Waals surface area contributed by atoms with Crippen molar-refractivity contribution in [1.82, 2.24) is 0 Å². The minimum atomic E-state index is -0.276. The van der Waals surface area contributed by atoms with Gasteiger partial charge in [0, 0.05) is 0 Å². The number of allylic oxidation sites excluding steroid dienone is 3. The van der Waals surface area contributed by atoms with Crippen LogP contribution in [0.2, 0.25) is 0 Å². The molecule has 0 aromatic carbocycles. The molecule has 3 N–H and O–H groups in total. The van der Waals surface area contributed by atoms with Crippen LogP contribution in [0.3, 0.4) is 0 Å². The average molecular weight is 249 g/mol. The molecular weight excluding hydrogens is 222 g/mol. The highest BCUT2D eigenvalue weighted by molar-refractivity contribution is 5.04. The largest absolute Gasteiger partial charge is 0.393 e. The summed E-state index contributed by atoms with van der Waals surface area (Å²) in [5.74, 6) is 0. The van der Waals surface area contributed by atoms with Gasteiger partial charge in [-0.1, -0.05) is 18.2 Å². The van der Waals surface area contributed by atoms with E-state index >= 15 is 0 Å². The van der Waals surface area contributed by atoms with E-state index in [1.807, 2.05) is 18.2 Å². The van der Waals surface area contributed by atoms with Crippen molar-refractivity contribution in [3.8, 4) is 0 Å². The lowest BCUT2D eigenvalue weighted by molar-refractivity contribution is -0.0266. The van der Waals surface area contributed by atoms with Gasteiger partial charge in [-0.3, -0.25) is 0 Å². The van der Waals surface area contributed by atoms with Crippen LogP contribution >= 0.6 is 0 Å². The molecule has 0 saturated heterocycles.